The fourth-order valence-electron chi connectivity index (χ4n) is 6.96. The number of nitrogens with zero attached hydrogens (tertiary/aromatic N) is 7. The molecule has 3 atom stereocenters. The van der Waals surface area contributed by atoms with Crippen LogP contribution >= 0.6 is 0 Å². The summed E-state index contributed by atoms with van der Waals surface area (Å²) in [7, 11) is 0. The Morgan fingerprint density at radius 3 is 2.58 bits per heavy atom. The standard InChI is InChI=1S/C34H29F3N8O3/c1-17-7-21(22-13-39-28-8-18(2)42-44(28)14-22)9-23-24(19(3)46)15-43(30(17)23)16-29(47)45-25(10-33(4)11-27(33)45)32(48)41-31-20(12-38)5-6-26(40-31)34(35,36)37/h5-9,13-15,25,27H,10-11,16H2,1-4H3,(H,40,41,48)/t25-,27+,33-/m0/s1. The number of likely N-dealkylation sites (tertiary alicyclic amines) is 1. The molecule has 5 aromatic rings. The Morgan fingerprint density at radius 1 is 1.10 bits per heavy atom. The Morgan fingerprint density at radius 2 is 1.88 bits per heavy atom. The van der Waals surface area contributed by atoms with Gasteiger partial charge in [-0.15, -0.1) is 0 Å². The van der Waals surface area contributed by atoms with Crippen LogP contribution in [0.2, 0.25) is 0 Å². The average Bonchev–Trinajstić information content (AvgIpc) is 3.29. The van der Waals surface area contributed by atoms with Crippen molar-refractivity contribution in [3.63, 3.8) is 0 Å². The number of amides is 2. The summed E-state index contributed by atoms with van der Waals surface area (Å²) in [5.41, 5.74) is 3.27. The maximum absolute atomic E-state index is 14.0. The van der Waals surface area contributed by atoms with Crippen molar-refractivity contribution >= 4 is 40.0 Å². The minimum Gasteiger partial charge on any atom is -0.337 e. The molecule has 1 aromatic carbocycles. The molecule has 244 valence electrons. The van der Waals surface area contributed by atoms with Gasteiger partial charge in [-0.25, -0.2) is 14.5 Å². The van der Waals surface area contributed by atoms with Gasteiger partial charge in [0.15, 0.2) is 17.2 Å². The number of hydrogen-bond acceptors (Lipinski definition) is 7. The van der Waals surface area contributed by atoms with Gasteiger partial charge in [0, 0.05) is 47.2 Å². The normalized spacial score (nSPS) is 20.2. The third-order valence-corrected chi connectivity index (χ3v) is 9.39. The van der Waals surface area contributed by atoms with Crippen molar-refractivity contribution in [1.29, 1.82) is 5.26 Å². The molecule has 1 N–H and O–H groups in total. The Balaban J connectivity index is 1.20. The second-order valence-corrected chi connectivity index (χ2v) is 12.9. The van der Waals surface area contributed by atoms with Gasteiger partial charge in [0.2, 0.25) is 11.8 Å². The highest BCUT2D eigenvalue weighted by Crippen LogP contribution is 2.59. The van der Waals surface area contributed by atoms with Crippen molar-refractivity contribution in [2.45, 2.75) is 65.3 Å². The summed E-state index contributed by atoms with van der Waals surface area (Å²) in [5.74, 6) is -1.80. The predicted molar refractivity (Wildman–Crippen MR) is 168 cm³/mol. The lowest BCUT2D eigenvalue weighted by Crippen LogP contribution is -2.46. The summed E-state index contributed by atoms with van der Waals surface area (Å²) in [6.07, 6.45) is 1.45. The highest BCUT2D eigenvalue weighted by Gasteiger charge is 2.64. The van der Waals surface area contributed by atoms with Crippen molar-refractivity contribution in [1.82, 2.24) is 29.0 Å². The average molecular weight is 655 g/mol. The van der Waals surface area contributed by atoms with E-state index in [0.717, 1.165) is 28.5 Å². The Bertz CT molecular complexity index is 2250. The number of hydrogen-bond donors (Lipinski definition) is 1. The van der Waals surface area contributed by atoms with Crippen molar-refractivity contribution in [3.05, 3.63) is 77.0 Å². The van der Waals surface area contributed by atoms with E-state index in [-0.39, 0.29) is 35.3 Å². The molecule has 1 aliphatic carbocycles. The van der Waals surface area contributed by atoms with Gasteiger partial charge in [-0.3, -0.25) is 14.4 Å². The first-order valence-electron chi connectivity index (χ1n) is 15.2. The number of piperidine rings is 1. The summed E-state index contributed by atoms with van der Waals surface area (Å²) in [5, 5.41) is 16.9. The SMILES string of the molecule is CC(=O)c1cn(CC(=O)N2[C@H](C(=O)Nc3nc(C(F)(F)F)ccc3C#N)C[C@@]3(C)C[C@@H]23)c2c(C)cc(-c3cnc4cc(C)nn4c3)cc12. The minimum atomic E-state index is -4.78. The molecule has 1 saturated heterocycles. The van der Waals surface area contributed by atoms with E-state index in [4.69, 9.17) is 0 Å². The molecule has 2 aliphatic rings. The molecule has 2 fully saturated rings. The number of carbonyl (C=O) groups excluding carboxylic acids is 3. The molecular formula is C34H29F3N8O3. The second-order valence-electron chi connectivity index (χ2n) is 12.9. The molecule has 14 heteroatoms. The van der Waals surface area contributed by atoms with Crippen LogP contribution < -0.4 is 5.32 Å². The maximum Gasteiger partial charge on any atom is 0.433 e. The van der Waals surface area contributed by atoms with Crippen LogP contribution in [0.5, 0.6) is 0 Å². The zero-order chi connectivity index (χ0) is 34.3. The summed E-state index contributed by atoms with van der Waals surface area (Å²) < 4.78 is 43.4. The van der Waals surface area contributed by atoms with Crippen molar-refractivity contribution in [2.24, 2.45) is 5.41 Å². The summed E-state index contributed by atoms with van der Waals surface area (Å²) >= 11 is 0. The smallest absolute Gasteiger partial charge is 0.337 e. The zero-order valence-electron chi connectivity index (χ0n) is 26.4. The van der Waals surface area contributed by atoms with Gasteiger partial charge >= 0.3 is 6.18 Å². The molecule has 1 aliphatic heterocycles. The van der Waals surface area contributed by atoms with E-state index < -0.39 is 29.6 Å². The Kier molecular flexibility index (Phi) is 6.94. The Labute approximate surface area is 272 Å². The van der Waals surface area contributed by atoms with E-state index in [0.29, 0.717) is 41.0 Å². The van der Waals surface area contributed by atoms with Crippen LogP contribution in [0.4, 0.5) is 19.0 Å². The van der Waals surface area contributed by atoms with E-state index in [1.54, 1.807) is 27.5 Å². The molecule has 0 bridgehead atoms. The molecule has 0 radical (unpaired) electrons. The van der Waals surface area contributed by atoms with Crippen LogP contribution in [0, 0.1) is 30.6 Å². The van der Waals surface area contributed by atoms with Gasteiger partial charge in [-0.05, 0) is 74.4 Å². The second kappa shape index (κ2) is 10.7. The van der Waals surface area contributed by atoms with Crippen molar-refractivity contribution < 1.29 is 27.6 Å². The molecule has 2 amide bonds. The first-order valence-corrected chi connectivity index (χ1v) is 15.2. The van der Waals surface area contributed by atoms with Crippen LogP contribution in [-0.4, -0.2) is 58.7 Å². The number of ketones is 1. The first kappa shape index (κ1) is 31.0. The molecular weight excluding hydrogens is 625 g/mol. The number of halogens is 3. The molecule has 4 aromatic heterocycles. The lowest BCUT2D eigenvalue weighted by molar-refractivity contribution is -0.141. The van der Waals surface area contributed by atoms with Gasteiger partial charge in [0.05, 0.1) is 16.8 Å². The third-order valence-electron chi connectivity index (χ3n) is 9.39. The van der Waals surface area contributed by atoms with Crippen molar-refractivity contribution in [2.75, 3.05) is 5.32 Å². The van der Waals surface area contributed by atoms with E-state index >= 15 is 0 Å². The van der Waals surface area contributed by atoms with E-state index in [2.05, 4.69) is 20.4 Å². The number of Topliss-reactive ketones (excluding diaryl/α,β-unsaturated/α-hetero) is 1. The van der Waals surface area contributed by atoms with Gasteiger partial charge < -0.3 is 14.8 Å². The third kappa shape index (κ3) is 5.15. The van der Waals surface area contributed by atoms with Gasteiger partial charge in [0.1, 0.15) is 24.3 Å². The highest BCUT2D eigenvalue weighted by atomic mass is 19.4. The number of nitrogens with one attached hydrogen (secondary N) is 1. The van der Waals surface area contributed by atoms with Crippen LogP contribution in [0.25, 0.3) is 27.7 Å². The van der Waals surface area contributed by atoms with Crippen molar-refractivity contribution in [3.8, 4) is 17.2 Å². The van der Waals surface area contributed by atoms with Crippen LogP contribution in [0.15, 0.2) is 48.9 Å². The molecule has 48 heavy (non-hydrogen) atoms. The summed E-state index contributed by atoms with van der Waals surface area (Å²) in [6.45, 7) is 7.00. The summed E-state index contributed by atoms with van der Waals surface area (Å²) in [6, 6.07) is 7.86. The maximum atomic E-state index is 14.0. The van der Waals surface area contributed by atoms with Crippen LogP contribution in [0.3, 0.4) is 0 Å². The number of rotatable bonds is 6. The number of aryl methyl sites for hydroxylation is 2. The van der Waals surface area contributed by atoms with Gasteiger partial charge in [-0.2, -0.15) is 23.5 Å². The van der Waals surface area contributed by atoms with E-state index in [1.165, 1.54) is 11.8 Å². The van der Waals surface area contributed by atoms with E-state index in [9.17, 15) is 32.8 Å². The molecule has 1 saturated carbocycles. The number of anilines is 1. The number of nitriles is 1. The zero-order valence-corrected chi connectivity index (χ0v) is 26.4. The molecule has 0 unspecified atom stereocenters. The molecule has 5 heterocycles. The highest BCUT2D eigenvalue weighted by molar-refractivity contribution is 6.09. The predicted octanol–water partition coefficient (Wildman–Crippen LogP) is 5.47. The van der Waals surface area contributed by atoms with Gasteiger partial charge in [-0.1, -0.05) is 6.92 Å². The van der Waals surface area contributed by atoms with Crippen LogP contribution in [0.1, 0.15) is 59.6 Å². The number of aromatic nitrogens is 5. The minimum absolute atomic E-state index is 0.175. The first-order chi connectivity index (χ1) is 22.7. The Hall–Kier alpha value is -5.58. The van der Waals surface area contributed by atoms with E-state index in [1.807, 2.05) is 45.2 Å². The summed E-state index contributed by atoms with van der Waals surface area (Å²) in [4.78, 5) is 49.9. The number of pyridine rings is 1. The monoisotopic (exact) mass is 654 g/mol. The molecule has 11 nitrogen and oxygen atoms in total. The largest absolute Gasteiger partial charge is 0.433 e. The van der Waals surface area contributed by atoms with Gasteiger partial charge in [0.25, 0.3) is 0 Å². The molecule has 7 rings (SSSR count). The number of alkyl halides is 3. The fourth-order valence-corrected chi connectivity index (χ4v) is 6.96. The number of benzene rings is 1. The quantitative estimate of drug-likeness (QED) is 0.240. The molecule has 0 spiro atoms. The topological polar surface area (TPSA) is 138 Å². The van der Waals surface area contributed by atoms with Crippen LogP contribution in [-0.2, 0) is 22.3 Å². The lowest BCUT2D eigenvalue weighted by Gasteiger charge is -2.27. The number of carbonyl (C=O) groups is 3. The number of fused-ring (bicyclic) bond motifs is 3. The fraction of sp³-hybridized carbons (Fsp3) is 0.324. The lowest BCUT2D eigenvalue weighted by atomic mass is 10.0.